The third-order valence-electron chi connectivity index (χ3n) is 2.09. The van der Waals surface area contributed by atoms with Gasteiger partial charge in [-0.05, 0) is 12.8 Å². The van der Waals surface area contributed by atoms with Gasteiger partial charge in [0.2, 0.25) is 5.91 Å². The van der Waals surface area contributed by atoms with Crippen molar-refractivity contribution >= 4 is 23.2 Å². The van der Waals surface area contributed by atoms with Gasteiger partial charge in [-0.25, -0.2) is 0 Å². The van der Waals surface area contributed by atoms with E-state index in [1.54, 1.807) is 5.38 Å². The molecular weight excluding hydrogens is 244 g/mol. The summed E-state index contributed by atoms with van der Waals surface area (Å²) in [5, 5.41) is 12.7. The number of H-pyrrole nitrogens is 1. The lowest BCUT2D eigenvalue weighted by Crippen LogP contribution is -2.22. The average molecular weight is 258 g/mol. The predicted octanol–water partition coefficient (Wildman–Crippen LogP) is 0.698. The molecule has 1 amide bonds. The minimum Gasteiger partial charge on any atom is -0.481 e. The number of amides is 1. The van der Waals surface area contributed by atoms with Crippen molar-refractivity contribution in [3.8, 4) is 0 Å². The number of carboxylic acids is 1. The van der Waals surface area contributed by atoms with E-state index in [4.69, 9.17) is 5.11 Å². The number of unbranched alkanes of at least 4 members (excludes halogenated alkanes) is 1. The molecule has 0 fully saturated rings. The van der Waals surface area contributed by atoms with E-state index in [1.807, 2.05) is 0 Å². The summed E-state index contributed by atoms with van der Waals surface area (Å²) in [6.45, 7) is 0.302. The molecule has 0 aromatic carbocycles. The molecule has 1 rings (SSSR count). The lowest BCUT2D eigenvalue weighted by atomic mass is 10.2. The molecule has 0 saturated heterocycles. The summed E-state index contributed by atoms with van der Waals surface area (Å²) in [7, 11) is 0. The number of aromatic nitrogens is 1. The van der Waals surface area contributed by atoms with E-state index in [0.29, 0.717) is 31.5 Å². The van der Waals surface area contributed by atoms with E-state index >= 15 is 0 Å². The highest BCUT2D eigenvalue weighted by atomic mass is 32.1. The van der Waals surface area contributed by atoms with Crippen molar-refractivity contribution in [2.75, 3.05) is 0 Å². The summed E-state index contributed by atoms with van der Waals surface area (Å²) in [6.07, 6.45) is 1.45. The third kappa shape index (κ3) is 5.86. The molecule has 1 aromatic rings. The molecule has 0 atom stereocenters. The van der Waals surface area contributed by atoms with Gasteiger partial charge in [0.15, 0.2) is 0 Å². The van der Waals surface area contributed by atoms with Crippen LogP contribution in [0.4, 0.5) is 0 Å². The second-order valence-electron chi connectivity index (χ2n) is 3.55. The van der Waals surface area contributed by atoms with E-state index in [9.17, 15) is 14.4 Å². The number of nitrogens with one attached hydrogen (secondary N) is 2. The molecule has 17 heavy (non-hydrogen) atoms. The smallest absolute Gasteiger partial charge is 0.304 e. The summed E-state index contributed by atoms with van der Waals surface area (Å²) in [4.78, 5) is 34.8. The van der Waals surface area contributed by atoms with Crippen LogP contribution in [0.1, 0.15) is 31.4 Å². The normalized spacial score (nSPS) is 10.1. The average Bonchev–Trinajstić information content (AvgIpc) is 2.67. The zero-order valence-corrected chi connectivity index (χ0v) is 10.0. The van der Waals surface area contributed by atoms with Crippen molar-refractivity contribution < 1.29 is 14.7 Å². The maximum absolute atomic E-state index is 11.3. The standard InChI is InChI=1S/C10H14N2O4S/c13-8(3-1-2-4-9(14)15)11-5-7-6-17-10(16)12-7/h6H,1-5H2,(H,11,13)(H,12,16)(H,14,15). The summed E-state index contributed by atoms with van der Waals surface area (Å²) >= 11 is 1.05. The van der Waals surface area contributed by atoms with Gasteiger partial charge in [0.25, 0.3) is 0 Å². The Morgan fingerprint density at radius 1 is 1.35 bits per heavy atom. The fraction of sp³-hybridized carbons (Fsp3) is 0.500. The van der Waals surface area contributed by atoms with Crippen LogP contribution in [-0.2, 0) is 16.1 Å². The minimum atomic E-state index is -0.846. The van der Waals surface area contributed by atoms with Crippen LogP contribution < -0.4 is 10.2 Å². The molecule has 94 valence electrons. The van der Waals surface area contributed by atoms with E-state index in [-0.39, 0.29) is 17.2 Å². The van der Waals surface area contributed by atoms with Gasteiger partial charge in [0, 0.05) is 23.9 Å². The molecule has 1 heterocycles. The maximum Gasteiger partial charge on any atom is 0.304 e. The zero-order valence-electron chi connectivity index (χ0n) is 9.19. The third-order valence-corrected chi connectivity index (χ3v) is 2.81. The van der Waals surface area contributed by atoms with Crippen molar-refractivity contribution in [1.82, 2.24) is 10.3 Å². The van der Waals surface area contributed by atoms with Crippen LogP contribution in [0.3, 0.4) is 0 Å². The van der Waals surface area contributed by atoms with Gasteiger partial charge in [-0.1, -0.05) is 11.3 Å². The second-order valence-corrected chi connectivity index (χ2v) is 4.39. The molecule has 0 spiro atoms. The largest absolute Gasteiger partial charge is 0.481 e. The number of hydrogen-bond donors (Lipinski definition) is 3. The Morgan fingerprint density at radius 3 is 2.65 bits per heavy atom. The summed E-state index contributed by atoms with van der Waals surface area (Å²) < 4.78 is 0. The fourth-order valence-corrected chi connectivity index (χ4v) is 1.83. The first-order valence-electron chi connectivity index (χ1n) is 5.23. The molecule has 7 heteroatoms. The van der Waals surface area contributed by atoms with Gasteiger partial charge >= 0.3 is 10.8 Å². The summed E-state index contributed by atoms with van der Waals surface area (Å²) in [5.41, 5.74) is 0.680. The molecule has 6 nitrogen and oxygen atoms in total. The summed E-state index contributed by atoms with van der Waals surface area (Å²) in [5.74, 6) is -0.983. The predicted molar refractivity (Wildman–Crippen MR) is 62.9 cm³/mol. The van der Waals surface area contributed by atoms with Crippen LogP contribution in [0, 0.1) is 0 Å². The van der Waals surface area contributed by atoms with Crippen LogP contribution in [0.2, 0.25) is 0 Å². The van der Waals surface area contributed by atoms with Gasteiger partial charge in [0.05, 0.1) is 6.54 Å². The van der Waals surface area contributed by atoms with Gasteiger partial charge in [-0.2, -0.15) is 0 Å². The fourth-order valence-electron chi connectivity index (χ4n) is 1.24. The molecule has 0 radical (unpaired) electrons. The van der Waals surface area contributed by atoms with Gasteiger partial charge < -0.3 is 15.4 Å². The van der Waals surface area contributed by atoms with E-state index in [1.165, 1.54) is 0 Å². The SMILES string of the molecule is O=C(O)CCCCC(=O)NCc1csc(=O)[nH]1. The highest BCUT2D eigenvalue weighted by molar-refractivity contribution is 7.07. The highest BCUT2D eigenvalue weighted by Gasteiger charge is 2.03. The van der Waals surface area contributed by atoms with Crippen LogP contribution in [0.5, 0.6) is 0 Å². The van der Waals surface area contributed by atoms with Gasteiger partial charge in [-0.3, -0.25) is 14.4 Å². The Bertz CT molecular complexity index is 438. The number of carbonyl (C=O) groups is 2. The van der Waals surface area contributed by atoms with E-state index in [2.05, 4.69) is 10.3 Å². The lowest BCUT2D eigenvalue weighted by Gasteiger charge is -2.02. The number of aromatic amines is 1. The Labute approximate surface area is 102 Å². The molecule has 0 bridgehead atoms. The number of aliphatic carboxylic acids is 1. The number of hydrogen-bond acceptors (Lipinski definition) is 4. The minimum absolute atomic E-state index is 0.0884. The van der Waals surface area contributed by atoms with Crippen molar-refractivity contribution in [1.29, 1.82) is 0 Å². The van der Waals surface area contributed by atoms with Crippen molar-refractivity contribution in [2.24, 2.45) is 0 Å². The topological polar surface area (TPSA) is 99.3 Å². The highest BCUT2D eigenvalue weighted by Crippen LogP contribution is 2.00. The molecule has 0 aliphatic heterocycles. The molecule has 0 unspecified atom stereocenters. The molecule has 0 aliphatic carbocycles. The molecule has 1 aromatic heterocycles. The second kappa shape index (κ2) is 6.85. The van der Waals surface area contributed by atoms with Crippen LogP contribution in [0.15, 0.2) is 10.2 Å². The molecule has 3 N–H and O–H groups in total. The lowest BCUT2D eigenvalue weighted by molar-refractivity contribution is -0.137. The number of thiazole rings is 1. The maximum atomic E-state index is 11.3. The first kappa shape index (κ1) is 13.4. The number of carbonyl (C=O) groups excluding carboxylic acids is 1. The van der Waals surface area contributed by atoms with Gasteiger partial charge in [-0.15, -0.1) is 0 Å². The molecule has 0 saturated carbocycles. The van der Waals surface area contributed by atoms with Crippen molar-refractivity contribution in [2.45, 2.75) is 32.2 Å². The Balaban J connectivity index is 2.13. The van der Waals surface area contributed by atoms with E-state index < -0.39 is 5.97 Å². The summed E-state index contributed by atoms with van der Waals surface area (Å²) in [6, 6.07) is 0. The van der Waals surface area contributed by atoms with Gasteiger partial charge in [0.1, 0.15) is 0 Å². The Kier molecular flexibility index (Phi) is 5.41. The van der Waals surface area contributed by atoms with Crippen LogP contribution in [0.25, 0.3) is 0 Å². The Hall–Kier alpha value is -1.63. The van der Waals surface area contributed by atoms with Crippen LogP contribution >= 0.6 is 11.3 Å². The molecular formula is C10H14N2O4S. The monoisotopic (exact) mass is 258 g/mol. The quantitative estimate of drug-likeness (QED) is 0.627. The first-order valence-corrected chi connectivity index (χ1v) is 6.11. The van der Waals surface area contributed by atoms with Crippen LogP contribution in [-0.4, -0.2) is 22.0 Å². The molecule has 0 aliphatic rings. The van der Waals surface area contributed by atoms with E-state index in [0.717, 1.165) is 11.3 Å². The zero-order chi connectivity index (χ0) is 12.7. The van der Waals surface area contributed by atoms with Crippen molar-refractivity contribution in [3.63, 3.8) is 0 Å². The Morgan fingerprint density at radius 2 is 2.06 bits per heavy atom. The number of carboxylic acid groups (broad SMARTS) is 1. The first-order chi connectivity index (χ1) is 8.08. The number of rotatable bonds is 7. The van der Waals surface area contributed by atoms with Crippen molar-refractivity contribution in [3.05, 3.63) is 20.7 Å².